The number of carbonyl (C=O) groups excluding carboxylic acids is 1. The fourth-order valence-electron chi connectivity index (χ4n) is 6.77. The van der Waals surface area contributed by atoms with Crippen LogP contribution in [-0.2, 0) is 14.3 Å². The van der Waals surface area contributed by atoms with Gasteiger partial charge < -0.3 is 14.8 Å². The zero-order chi connectivity index (χ0) is 20.1. The number of esters is 1. The van der Waals surface area contributed by atoms with Gasteiger partial charge in [-0.15, -0.1) is 0 Å². The molecule has 0 unspecified atom stereocenters. The van der Waals surface area contributed by atoms with Gasteiger partial charge in [0.2, 0.25) is 0 Å². The summed E-state index contributed by atoms with van der Waals surface area (Å²) in [7, 11) is 0. The van der Waals surface area contributed by atoms with Crippen LogP contribution in [0.4, 0.5) is 0 Å². The van der Waals surface area contributed by atoms with E-state index in [1.165, 1.54) is 19.3 Å². The summed E-state index contributed by atoms with van der Waals surface area (Å²) in [6.07, 6.45) is 5.98. The largest absolute Gasteiger partial charge is 0.462 e. The highest BCUT2D eigenvalue weighted by Gasteiger charge is 2.64. The van der Waals surface area contributed by atoms with Crippen molar-refractivity contribution in [1.29, 1.82) is 0 Å². The van der Waals surface area contributed by atoms with E-state index in [1.807, 2.05) is 0 Å². The fourth-order valence-corrected chi connectivity index (χ4v) is 6.77. The lowest BCUT2D eigenvalue weighted by Crippen LogP contribution is -2.51. The zero-order valence-electron chi connectivity index (χ0n) is 18.5. The SMILES string of the molecule is CC(C)N(CCNC[C@H]1C(=O)O[C@@H]2C[C@@]3(C)CCC[C@@]4(CO4)[C@H]3C[C@@H]21)C(C)C. The molecule has 4 fully saturated rings. The van der Waals surface area contributed by atoms with Crippen molar-refractivity contribution < 1.29 is 14.3 Å². The predicted octanol–water partition coefficient (Wildman–Crippen LogP) is 3.22. The van der Waals surface area contributed by atoms with Crippen LogP contribution < -0.4 is 5.32 Å². The molecule has 0 bridgehead atoms. The van der Waals surface area contributed by atoms with Crippen molar-refractivity contribution in [3.05, 3.63) is 0 Å². The van der Waals surface area contributed by atoms with E-state index in [1.54, 1.807) is 0 Å². The second-order valence-corrected chi connectivity index (χ2v) is 10.7. The van der Waals surface area contributed by atoms with Crippen molar-refractivity contribution in [3.8, 4) is 0 Å². The Labute approximate surface area is 170 Å². The van der Waals surface area contributed by atoms with E-state index in [2.05, 4.69) is 44.8 Å². The van der Waals surface area contributed by atoms with Crippen molar-refractivity contribution >= 4 is 5.97 Å². The van der Waals surface area contributed by atoms with Crippen LogP contribution in [0.3, 0.4) is 0 Å². The lowest BCUT2D eigenvalue weighted by atomic mass is 9.53. The summed E-state index contributed by atoms with van der Waals surface area (Å²) < 4.78 is 11.9. The van der Waals surface area contributed by atoms with Crippen LogP contribution in [0.5, 0.6) is 0 Å². The Kier molecular flexibility index (Phi) is 5.56. The Hall–Kier alpha value is -0.650. The second kappa shape index (κ2) is 7.55. The highest BCUT2D eigenvalue weighted by atomic mass is 16.6. The molecule has 2 aliphatic heterocycles. The van der Waals surface area contributed by atoms with E-state index in [0.29, 0.717) is 23.9 Å². The Morgan fingerprint density at radius 3 is 2.57 bits per heavy atom. The van der Waals surface area contributed by atoms with Gasteiger partial charge in [0.05, 0.1) is 18.1 Å². The van der Waals surface area contributed by atoms with E-state index in [9.17, 15) is 4.79 Å². The molecule has 0 amide bonds. The van der Waals surface area contributed by atoms with Gasteiger partial charge in [0.1, 0.15) is 6.10 Å². The Morgan fingerprint density at radius 1 is 1.21 bits per heavy atom. The van der Waals surface area contributed by atoms with E-state index < -0.39 is 0 Å². The summed E-state index contributed by atoms with van der Waals surface area (Å²) >= 11 is 0. The molecule has 1 N–H and O–H groups in total. The number of nitrogens with one attached hydrogen (secondary N) is 1. The molecule has 5 heteroatoms. The minimum Gasteiger partial charge on any atom is -0.462 e. The van der Waals surface area contributed by atoms with Crippen LogP contribution in [0.15, 0.2) is 0 Å². The van der Waals surface area contributed by atoms with Gasteiger partial charge >= 0.3 is 5.97 Å². The third-order valence-corrected chi connectivity index (χ3v) is 8.32. The third-order valence-electron chi connectivity index (χ3n) is 8.32. The van der Waals surface area contributed by atoms with Crippen molar-refractivity contribution in [2.75, 3.05) is 26.2 Å². The number of hydrogen-bond acceptors (Lipinski definition) is 5. The maximum atomic E-state index is 12.7. The van der Waals surface area contributed by atoms with Crippen LogP contribution >= 0.6 is 0 Å². The second-order valence-electron chi connectivity index (χ2n) is 10.7. The quantitative estimate of drug-likeness (QED) is 0.410. The Balaban J connectivity index is 1.35. The van der Waals surface area contributed by atoms with Gasteiger partial charge in [-0.3, -0.25) is 9.69 Å². The number of carbonyl (C=O) groups is 1. The van der Waals surface area contributed by atoms with Crippen molar-refractivity contribution in [2.24, 2.45) is 23.2 Å². The van der Waals surface area contributed by atoms with E-state index >= 15 is 0 Å². The van der Waals surface area contributed by atoms with Crippen molar-refractivity contribution in [3.63, 3.8) is 0 Å². The lowest BCUT2D eigenvalue weighted by molar-refractivity contribution is -0.147. The molecule has 0 aromatic rings. The van der Waals surface area contributed by atoms with E-state index in [0.717, 1.165) is 39.1 Å². The van der Waals surface area contributed by atoms with Crippen LogP contribution in [0.25, 0.3) is 0 Å². The molecule has 0 radical (unpaired) electrons. The standard InChI is InChI=1S/C23H40N2O3/c1-15(2)25(16(3)4)10-9-24-13-18-17-11-20-22(5,12-19(17)28-21(18)26)7-6-8-23(20)14-27-23/h15-20,24H,6-14H2,1-5H3/t17-,18-,19-,20+,22-,23-/m1/s1. The van der Waals surface area contributed by atoms with Gasteiger partial charge in [-0.25, -0.2) is 0 Å². The number of nitrogens with zero attached hydrogens (tertiary/aromatic N) is 1. The Bertz CT molecular complexity index is 580. The smallest absolute Gasteiger partial charge is 0.310 e. The van der Waals surface area contributed by atoms with E-state index in [-0.39, 0.29) is 29.0 Å². The first-order valence-electron chi connectivity index (χ1n) is 11.6. The highest BCUT2D eigenvalue weighted by molar-refractivity contribution is 5.75. The van der Waals surface area contributed by atoms with Crippen LogP contribution in [0.2, 0.25) is 0 Å². The summed E-state index contributed by atoms with van der Waals surface area (Å²) in [4.78, 5) is 15.2. The summed E-state index contributed by atoms with van der Waals surface area (Å²) in [6, 6.07) is 1.08. The molecule has 6 atom stereocenters. The molecule has 2 saturated heterocycles. The highest BCUT2D eigenvalue weighted by Crippen LogP contribution is 2.62. The lowest BCUT2D eigenvalue weighted by Gasteiger charge is -2.51. The summed E-state index contributed by atoms with van der Waals surface area (Å²) in [5, 5.41) is 3.58. The van der Waals surface area contributed by atoms with Crippen LogP contribution in [0.1, 0.15) is 66.7 Å². The van der Waals surface area contributed by atoms with Crippen molar-refractivity contribution in [1.82, 2.24) is 10.2 Å². The number of ether oxygens (including phenoxy) is 2. The molecule has 2 heterocycles. The molecular formula is C23H40N2O3. The minimum atomic E-state index is 0.0128. The van der Waals surface area contributed by atoms with Gasteiger partial charge in [0, 0.05) is 37.6 Å². The molecule has 28 heavy (non-hydrogen) atoms. The first-order chi connectivity index (χ1) is 13.3. The zero-order valence-corrected chi connectivity index (χ0v) is 18.5. The van der Waals surface area contributed by atoms with Gasteiger partial charge in [-0.1, -0.05) is 6.92 Å². The normalized spacial score (nSPS) is 42.2. The molecule has 4 rings (SSSR count). The maximum absolute atomic E-state index is 12.7. The topological polar surface area (TPSA) is 54.1 Å². The van der Waals surface area contributed by atoms with Crippen molar-refractivity contribution in [2.45, 2.75) is 90.5 Å². The molecule has 0 aromatic heterocycles. The predicted molar refractivity (Wildman–Crippen MR) is 110 cm³/mol. The molecular weight excluding hydrogens is 352 g/mol. The Morgan fingerprint density at radius 2 is 1.93 bits per heavy atom. The summed E-state index contributed by atoms with van der Waals surface area (Å²) in [6.45, 7) is 15.0. The van der Waals surface area contributed by atoms with Crippen LogP contribution in [0, 0.1) is 23.2 Å². The third kappa shape index (κ3) is 3.63. The van der Waals surface area contributed by atoms with Gasteiger partial charge in [-0.05, 0) is 71.1 Å². The average Bonchev–Trinajstić information content (AvgIpc) is 3.30. The first-order valence-corrected chi connectivity index (χ1v) is 11.6. The molecule has 4 aliphatic rings. The van der Waals surface area contributed by atoms with E-state index in [4.69, 9.17) is 9.47 Å². The molecule has 0 aromatic carbocycles. The number of epoxide rings is 1. The first kappa shape index (κ1) is 20.6. The maximum Gasteiger partial charge on any atom is 0.310 e. The molecule has 2 saturated carbocycles. The minimum absolute atomic E-state index is 0.0128. The fraction of sp³-hybridized carbons (Fsp3) is 0.957. The molecule has 2 aliphatic carbocycles. The van der Waals surface area contributed by atoms with Gasteiger partial charge in [0.25, 0.3) is 0 Å². The number of hydrogen-bond donors (Lipinski definition) is 1. The number of rotatable bonds is 7. The van der Waals surface area contributed by atoms with Crippen LogP contribution in [-0.4, -0.2) is 60.9 Å². The monoisotopic (exact) mass is 392 g/mol. The molecule has 160 valence electrons. The van der Waals surface area contributed by atoms with Gasteiger partial charge in [-0.2, -0.15) is 0 Å². The number of fused-ring (bicyclic) bond motifs is 3. The van der Waals surface area contributed by atoms with Gasteiger partial charge in [0.15, 0.2) is 0 Å². The molecule has 5 nitrogen and oxygen atoms in total. The molecule has 1 spiro atoms. The summed E-state index contributed by atoms with van der Waals surface area (Å²) in [5.74, 6) is 1.01. The average molecular weight is 393 g/mol. The summed E-state index contributed by atoms with van der Waals surface area (Å²) in [5.41, 5.74) is 0.421.